The Morgan fingerprint density at radius 1 is 1.14 bits per heavy atom. The van der Waals surface area contributed by atoms with E-state index < -0.39 is 32.5 Å². The Kier molecular flexibility index (Phi) is 3.05. The van der Waals surface area contributed by atoms with E-state index >= 15 is 0 Å². The Morgan fingerprint density at radius 2 is 1.73 bits per heavy atom. The van der Waals surface area contributed by atoms with Gasteiger partial charge >= 0.3 is 0 Å². The zero-order valence-electron chi connectivity index (χ0n) is 12.0. The molecule has 0 aromatic heterocycles. The van der Waals surface area contributed by atoms with Gasteiger partial charge in [0.15, 0.2) is 0 Å². The lowest BCUT2D eigenvalue weighted by Gasteiger charge is -2.40. The van der Waals surface area contributed by atoms with Crippen LogP contribution in [0.15, 0.2) is 29.8 Å². The summed E-state index contributed by atoms with van der Waals surface area (Å²) in [5, 5.41) is -1.30. The third kappa shape index (κ3) is 2.08. The number of benzene rings is 1. The Balaban J connectivity index is 2.23. The van der Waals surface area contributed by atoms with Crippen LogP contribution < -0.4 is 0 Å². The highest BCUT2D eigenvalue weighted by molar-refractivity contribution is 7.86. The first kappa shape index (κ1) is 14.9. The highest BCUT2D eigenvalue weighted by Crippen LogP contribution is 2.43. The lowest BCUT2D eigenvalue weighted by molar-refractivity contribution is -0.112. The van der Waals surface area contributed by atoms with Gasteiger partial charge in [0, 0.05) is 23.1 Å². The van der Waals surface area contributed by atoms with Crippen molar-refractivity contribution in [3.8, 4) is 0 Å². The van der Waals surface area contributed by atoms with E-state index in [0.717, 1.165) is 0 Å². The van der Waals surface area contributed by atoms with Crippen LogP contribution in [0.2, 0.25) is 0 Å². The quantitative estimate of drug-likeness (QED) is 0.623. The van der Waals surface area contributed by atoms with Gasteiger partial charge in [-0.25, -0.2) is 0 Å². The van der Waals surface area contributed by atoms with Crippen molar-refractivity contribution >= 4 is 27.4 Å². The molecule has 1 aliphatic carbocycles. The molecule has 1 aliphatic heterocycles. The molecule has 1 aromatic carbocycles. The zero-order chi connectivity index (χ0) is 16.3. The highest BCUT2D eigenvalue weighted by Gasteiger charge is 2.49. The fraction of sp³-hybridized carbons (Fsp3) is 0.333. The average molecular weight is 322 g/mol. The normalized spacial score (nSPS) is 23.7. The molecule has 22 heavy (non-hydrogen) atoms. The van der Waals surface area contributed by atoms with E-state index in [4.69, 9.17) is 4.74 Å². The second-order valence-electron chi connectivity index (χ2n) is 5.92. The standard InChI is InChI=1S/C15H14O6S/c1-15(2)11(22(18,19)20)7-10-13(17)12(16)8-5-3-4-6-9(8)14(10)21-15/h3-6,11H,7H2,1-2H3,(H,18,19,20)/t11-/m1/s1. The maximum Gasteiger partial charge on any atom is 0.272 e. The maximum absolute atomic E-state index is 12.2. The Labute approximate surface area is 127 Å². The van der Waals surface area contributed by atoms with Crippen LogP contribution in [0.25, 0.3) is 5.76 Å². The molecule has 0 radical (unpaired) electrons. The van der Waals surface area contributed by atoms with Gasteiger partial charge in [-0.15, -0.1) is 0 Å². The smallest absolute Gasteiger partial charge is 0.272 e. The molecule has 7 heteroatoms. The summed E-state index contributed by atoms with van der Waals surface area (Å²) in [5.41, 5.74) is -0.498. The summed E-state index contributed by atoms with van der Waals surface area (Å²) in [6, 6.07) is 6.53. The minimum atomic E-state index is -4.43. The van der Waals surface area contributed by atoms with Crippen molar-refractivity contribution in [2.24, 2.45) is 0 Å². The first-order chi connectivity index (χ1) is 10.1. The van der Waals surface area contributed by atoms with Gasteiger partial charge in [-0.2, -0.15) is 8.42 Å². The number of carbonyl (C=O) groups excluding carboxylic acids is 2. The van der Waals surface area contributed by atoms with Gasteiger partial charge in [0.05, 0.1) is 0 Å². The minimum absolute atomic E-state index is 0.00523. The lowest BCUT2D eigenvalue weighted by atomic mass is 9.82. The lowest BCUT2D eigenvalue weighted by Crippen LogP contribution is -2.48. The van der Waals surface area contributed by atoms with E-state index in [9.17, 15) is 22.6 Å². The number of ketones is 2. The number of hydrogen-bond acceptors (Lipinski definition) is 5. The molecule has 0 bridgehead atoms. The van der Waals surface area contributed by atoms with Crippen LogP contribution in [0.3, 0.4) is 0 Å². The summed E-state index contributed by atoms with van der Waals surface area (Å²) in [6.45, 7) is 3.05. The molecule has 0 saturated carbocycles. The SMILES string of the molecule is CC1(C)OC2=C(C[C@H]1S(=O)(=O)O)C(=O)C(=O)c1ccccc12. The molecule has 0 amide bonds. The molecular formula is C15H14O6S. The summed E-state index contributed by atoms with van der Waals surface area (Å²) in [6.07, 6.45) is -0.250. The summed E-state index contributed by atoms with van der Waals surface area (Å²) in [4.78, 5) is 24.4. The van der Waals surface area contributed by atoms with E-state index in [1.165, 1.54) is 19.9 Å². The van der Waals surface area contributed by atoms with Crippen LogP contribution in [0, 0.1) is 0 Å². The zero-order valence-corrected chi connectivity index (χ0v) is 12.8. The summed E-state index contributed by atoms with van der Waals surface area (Å²) in [7, 11) is -4.43. The van der Waals surface area contributed by atoms with E-state index in [0.29, 0.717) is 5.56 Å². The van der Waals surface area contributed by atoms with Crippen LogP contribution in [0.4, 0.5) is 0 Å². The number of allylic oxidation sites excluding steroid dienone is 1. The van der Waals surface area contributed by atoms with Gasteiger partial charge in [-0.05, 0) is 13.8 Å². The average Bonchev–Trinajstić information content (AvgIpc) is 2.42. The van der Waals surface area contributed by atoms with E-state index in [1.54, 1.807) is 18.2 Å². The maximum atomic E-state index is 12.2. The van der Waals surface area contributed by atoms with Crippen molar-refractivity contribution in [1.82, 2.24) is 0 Å². The Hall–Kier alpha value is -1.99. The molecule has 0 unspecified atom stereocenters. The number of hydrogen-bond donors (Lipinski definition) is 1. The first-order valence-corrected chi connectivity index (χ1v) is 8.20. The van der Waals surface area contributed by atoms with Gasteiger partial charge in [0.2, 0.25) is 11.6 Å². The van der Waals surface area contributed by atoms with Crippen LogP contribution in [0.1, 0.15) is 36.2 Å². The fourth-order valence-electron chi connectivity index (χ4n) is 2.93. The van der Waals surface area contributed by atoms with E-state index in [-0.39, 0.29) is 23.3 Å². The third-order valence-electron chi connectivity index (χ3n) is 4.06. The van der Waals surface area contributed by atoms with Gasteiger partial charge < -0.3 is 4.74 Å². The second-order valence-corrected chi connectivity index (χ2v) is 7.52. The Bertz CT molecular complexity index is 831. The van der Waals surface area contributed by atoms with Crippen molar-refractivity contribution < 1.29 is 27.3 Å². The van der Waals surface area contributed by atoms with Crippen molar-refractivity contribution in [3.05, 3.63) is 41.0 Å². The summed E-state index contributed by atoms with van der Waals surface area (Å²) in [5.74, 6) is -1.24. The second kappa shape index (κ2) is 4.50. The van der Waals surface area contributed by atoms with Crippen LogP contribution in [0.5, 0.6) is 0 Å². The van der Waals surface area contributed by atoms with Crippen molar-refractivity contribution in [1.29, 1.82) is 0 Å². The minimum Gasteiger partial charge on any atom is -0.485 e. The van der Waals surface area contributed by atoms with Crippen molar-refractivity contribution in [2.75, 3.05) is 0 Å². The topological polar surface area (TPSA) is 97.7 Å². The van der Waals surface area contributed by atoms with Gasteiger partial charge in [0.1, 0.15) is 16.6 Å². The first-order valence-electron chi connectivity index (χ1n) is 6.70. The molecule has 1 N–H and O–H groups in total. The van der Waals surface area contributed by atoms with Crippen molar-refractivity contribution in [2.45, 2.75) is 31.1 Å². The van der Waals surface area contributed by atoms with E-state index in [1.807, 2.05) is 0 Å². The van der Waals surface area contributed by atoms with Crippen LogP contribution in [-0.2, 0) is 19.6 Å². The third-order valence-corrected chi connectivity index (χ3v) is 5.51. The molecule has 1 aromatic rings. The molecule has 0 saturated heterocycles. The predicted octanol–water partition coefficient (Wildman–Crippen LogP) is 1.62. The van der Waals surface area contributed by atoms with Crippen LogP contribution >= 0.6 is 0 Å². The Morgan fingerprint density at radius 3 is 2.32 bits per heavy atom. The molecule has 0 spiro atoms. The number of ether oxygens (including phenoxy) is 1. The molecule has 0 fully saturated rings. The van der Waals surface area contributed by atoms with Gasteiger partial charge in [-0.3, -0.25) is 14.1 Å². The molecule has 2 aliphatic rings. The molecule has 116 valence electrons. The molecule has 1 heterocycles. The fourth-order valence-corrected chi connectivity index (χ4v) is 4.07. The van der Waals surface area contributed by atoms with Crippen molar-refractivity contribution in [3.63, 3.8) is 0 Å². The van der Waals surface area contributed by atoms with E-state index in [2.05, 4.69) is 0 Å². The van der Waals surface area contributed by atoms with Crippen LogP contribution in [-0.4, -0.2) is 35.4 Å². The summed E-state index contributed by atoms with van der Waals surface area (Å²) < 4.78 is 38.3. The molecule has 3 rings (SSSR count). The number of Topliss-reactive ketones (excluding diaryl/α,β-unsaturated/α-hetero) is 2. The molecule has 1 atom stereocenters. The van der Waals surface area contributed by atoms with Gasteiger partial charge in [0.25, 0.3) is 10.1 Å². The number of carbonyl (C=O) groups is 2. The highest BCUT2D eigenvalue weighted by atomic mass is 32.2. The largest absolute Gasteiger partial charge is 0.485 e. The number of rotatable bonds is 1. The monoisotopic (exact) mass is 322 g/mol. The predicted molar refractivity (Wildman–Crippen MR) is 77.8 cm³/mol. The molecule has 6 nitrogen and oxygen atoms in total. The summed E-state index contributed by atoms with van der Waals surface area (Å²) >= 11 is 0. The number of fused-ring (bicyclic) bond motifs is 2. The van der Waals surface area contributed by atoms with Gasteiger partial charge in [-0.1, -0.05) is 24.3 Å². The molecular weight excluding hydrogens is 308 g/mol.